The second kappa shape index (κ2) is 7.40. The van der Waals surface area contributed by atoms with Crippen LogP contribution >= 0.6 is 47.2 Å². The maximum atomic E-state index is 12.9. The van der Waals surface area contributed by atoms with Crippen LogP contribution in [0.1, 0.15) is 21.5 Å². The molecule has 2 aromatic rings. The summed E-state index contributed by atoms with van der Waals surface area (Å²) in [6.07, 6.45) is 1.60. The van der Waals surface area contributed by atoms with Crippen LogP contribution < -0.4 is 4.90 Å². The molecule has 3 rings (SSSR count). The van der Waals surface area contributed by atoms with Crippen LogP contribution in [0.15, 0.2) is 41.3 Å². The van der Waals surface area contributed by atoms with Crippen LogP contribution in [0.3, 0.4) is 0 Å². The number of thioether (sulfide) groups is 1. The number of thiocarbonyl (C=S) groups is 1. The van der Waals surface area contributed by atoms with Gasteiger partial charge in [-0.1, -0.05) is 59.3 Å². The van der Waals surface area contributed by atoms with E-state index in [9.17, 15) is 14.7 Å². The number of hydrogen-bond donors (Lipinski definition) is 1. The number of halogens is 2. The summed E-state index contributed by atoms with van der Waals surface area (Å²) in [7, 11) is 0. The maximum Gasteiger partial charge on any atom is 0.335 e. The zero-order valence-electron chi connectivity index (χ0n) is 13.3. The number of carboxylic acids is 1. The fourth-order valence-electron chi connectivity index (χ4n) is 2.44. The summed E-state index contributed by atoms with van der Waals surface area (Å²) in [5.41, 5.74) is 1.80. The largest absolute Gasteiger partial charge is 0.478 e. The number of aromatic carboxylic acids is 1. The third kappa shape index (κ3) is 3.50. The van der Waals surface area contributed by atoms with Crippen molar-refractivity contribution in [2.75, 3.05) is 4.90 Å². The Labute approximate surface area is 169 Å². The highest BCUT2D eigenvalue weighted by atomic mass is 35.5. The van der Waals surface area contributed by atoms with Crippen LogP contribution in [0.4, 0.5) is 5.69 Å². The summed E-state index contributed by atoms with van der Waals surface area (Å²) in [5, 5.41) is 10.0. The van der Waals surface area contributed by atoms with Crippen LogP contribution in [0, 0.1) is 6.92 Å². The van der Waals surface area contributed by atoms with Crippen molar-refractivity contribution >= 4 is 75.1 Å². The number of carbonyl (C=O) groups is 2. The molecule has 1 amide bonds. The minimum atomic E-state index is -1.07. The molecule has 2 aromatic carbocycles. The molecule has 8 heteroatoms. The van der Waals surface area contributed by atoms with Crippen molar-refractivity contribution < 1.29 is 14.7 Å². The van der Waals surface area contributed by atoms with Crippen LogP contribution in [-0.2, 0) is 4.79 Å². The number of amides is 1. The first-order chi connectivity index (χ1) is 12.3. The van der Waals surface area contributed by atoms with E-state index in [4.69, 9.17) is 35.4 Å². The van der Waals surface area contributed by atoms with Crippen molar-refractivity contribution in [2.45, 2.75) is 6.92 Å². The van der Waals surface area contributed by atoms with Crippen LogP contribution in [0.5, 0.6) is 0 Å². The zero-order chi connectivity index (χ0) is 19.0. The predicted octanol–water partition coefficient (Wildman–Crippen LogP) is 5.41. The first-order valence-corrected chi connectivity index (χ1v) is 9.33. The predicted molar refractivity (Wildman–Crippen MR) is 110 cm³/mol. The maximum absolute atomic E-state index is 12.9. The van der Waals surface area contributed by atoms with Gasteiger partial charge in [-0.3, -0.25) is 9.69 Å². The van der Waals surface area contributed by atoms with Crippen molar-refractivity contribution in [3.05, 3.63) is 68.0 Å². The highest BCUT2D eigenvalue weighted by Crippen LogP contribution is 2.39. The number of anilines is 1. The lowest BCUT2D eigenvalue weighted by atomic mass is 10.1. The molecule has 1 aliphatic rings. The van der Waals surface area contributed by atoms with Gasteiger partial charge in [-0.15, -0.1) is 0 Å². The number of hydrogen-bond acceptors (Lipinski definition) is 4. The summed E-state index contributed by atoms with van der Waals surface area (Å²) in [6.45, 7) is 1.79. The fourth-order valence-corrected chi connectivity index (χ4v) is 4.21. The molecule has 26 heavy (non-hydrogen) atoms. The number of rotatable bonds is 3. The van der Waals surface area contributed by atoms with E-state index >= 15 is 0 Å². The summed E-state index contributed by atoms with van der Waals surface area (Å²) < 4.78 is 0.315. The third-order valence-electron chi connectivity index (χ3n) is 3.77. The Morgan fingerprint density at radius 1 is 1.23 bits per heavy atom. The molecule has 0 atom stereocenters. The van der Waals surface area contributed by atoms with Crippen molar-refractivity contribution in [3.63, 3.8) is 0 Å². The van der Waals surface area contributed by atoms with E-state index in [1.165, 1.54) is 17.0 Å². The quantitative estimate of drug-likeness (QED) is 0.528. The number of nitrogens with zero attached hydrogens (tertiary/aromatic N) is 1. The van der Waals surface area contributed by atoms with Gasteiger partial charge in [0.05, 0.1) is 16.2 Å². The average molecular weight is 424 g/mol. The molecule has 0 bridgehead atoms. The molecule has 1 N–H and O–H groups in total. The molecule has 0 aromatic heterocycles. The Hall–Kier alpha value is -1.86. The van der Waals surface area contributed by atoms with Gasteiger partial charge in [0.25, 0.3) is 5.91 Å². The van der Waals surface area contributed by atoms with Gasteiger partial charge >= 0.3 is 5.97 Å². The zero-order valence-corrected chi connectivity index (χ0v) is 16.5. The molecule has 1 heterocycles. The van der Waals surface area contributed by atoms with Crippen molar-refractivity contribution in [2.24, 2.45) is 0 Å². The van der Waals surface area contributed by atoms with Crippen LogP contribution in [0.2, 0.25) is 10.0 Å². The van der Waals surface area contributed by atoms with Gasteiger partial charge in [0.1, 0.15) is 0 Å². The SMILES string of the molecule is Cc1ccc(C(=O)O)cc1N1C(=O)/C(=C/c2c(Cl)cccc2Cl)SC1=S. The normalized spacial score (nSPS) is 15.8. The number of benzene rings is 2. The minimum Gasteiger partial charge on any atom is -0.478 e. The smallest absolute Gasteiger partial charge is 0.335 e. The topological polar surface area (TPSA) is 57.6 Å². The monoisotopic (exact) mass is 423 g/mol. The van der Waals surface area contributed by atoms with Crippen LogP contribution in [0.25, 0.3) is 6.08 Å². The molecule has 0 aliphatic carbocycles. The molecular formula is C18H11Cl2NO3S2. The van der Waals surface area contributed by atoms with E-state index in [1.807, 2.05) is 0 Å². The summed E-state index contributed by atoms with van der Waals surface area (Å²) >= 11 is 18.8. The lowest BCUT2D eigenvalue weighted by Gasteiger charge is -2.17. The Kier molecular flexibility index (Phi) is 5.39. The van der Waals surface area contributed by atoms with Gasteiger partial charge < -0.3 is 5.11 Å². The molecule has 4 nitrogen and oxygen atoms in total. The van der Waals surface area contributed by atoms with Gasteiger partial charge in [0, 0.05) is 15.6 Å². The lowest BCUT2D eigenvalue weighted by Crippen LogP contribution is -2.28. The Balaban J connectivity index is 2.04. The molecule has 1 aliphatic heterocycles. The van der Waals surface area contributed by atoms with Gasteiger partial charge in [-0.2, -0.15) is 0 Å². The number of aryl methyl sites for hydroxylation is 1. The highest BCUT2D eigenvalue weighted by molar-refractivity contribution is 8.27. The van der Waals surface area contributed by atoms with E-state index in [0.717, 1.165) is 17.3 Å². The van der Waals surface area contributed by atoms with Gasteiger partial charge in [-0.05, 0) is 42.8 Å². The molecule has 1 saturated heterocycles. The Morgan fingerprint density at radius 3 is 2.50 bits per heavy atom. The average Bonchev–Trinajstić information content (AvgIpc) is 2.85. The molecule has 0 radical (unpaired) electrons. The first-order valence-electron chi connectivity index (χ1n) is 7.35. The lowest BCUT2D eigenvalue weighted by molar-refractivity contribution is -0.113. The van der Waals surface area contributed by atoms with Gasteiger partial charge in [0.2, 0.25) is 0 Å². The first kappa shape index (κ1) is 18.9. The molecule has 0 unspecified atom stereocenters. The Bertz CT molecular complexity index is 968. The van der Waals surface area contributed by atoms with Crippen molar-refractivity contribution in [1.82, 2.24) is 0 Å². The van der Waals surface area contributed by atoms with Gasteiger partial charge in [-0.25, -0.2) is 4.79 Å². The summed E-state index contributed by atoms with van der Waals surface area (Å²) in [6, 6.07) is 9.65. The fraction of sp³-hybridized carbons (Fsp3) is 0.0556. The summed E-state index contributed by atoms with van der Waals surface area (Å²) in [4.78, 5) is 25.8. The second-order valence-electron chi connectivity index (χ2n) is 5.46. The van der Waals surface area contributed by atoms with E-state index in [0.29, 0.717) is 30.5 Å². The molecule has 0 saturated carbocycles. The Morgan fingerprint density at radius 2 is 1.88 bits per heavy atom. The molecule has 132 valence electrons. The number of carboxylic acid groups (broad SMARTS) is 1. The highest BCUT2D eigenvalue weighted by Gasteiger charge is 2.34. The standard InChI is InChI=1S/C18H11Cl2NO3S2/c1-9-5-6-10(17(23)24)7-14(9)21-16(22)15(26-18(21)25)8-11-12(19)3-2-4-13(11)20/h2-8H,1H3,(H,23,24)/b15-8-. The summed E-state index contributed by atoms with van der Waals surface area (Å²) in [5.74, 6) is -1.42. The van der Waals surface area contributed by atoms with E-state index in [1.54, 1.807) is 37.3 Å². The number of carbonyl (C=O) groups excluding carboxylic acids is 1. The second-order valence-corrected chi connectivity index (χ2v) is 7.95. The van der Waals surface area contributed by atoms with E-state index in [2.05, 4.69) is 0 Å². The van der Waals surface area contributed by atoms with Crippen molar-refractivity contribution in [1.29, 1.82) is 0 Å². The van der Waals surface area contributed by atoms with Crippen molar-refractivity contribution in [3.8, 4) is 0 Å². The minimum absolute atomic E-state index is 0.0813. The third-order valence-corrected chi connectivity index (χ3v) is 5.73. The molecular weight excluding hydrogens is 413 g/mol. The molecule has 0 spiro atoms. The van der Waals surface area contributed by atoms with Crippen LogP contribution in [-0.4, -0.2) is 21.3 Å². The van der Waals surface area contributed by atoms with E-state index in [-0.39, 0.29) is 11.5 Å². The van der Waals surface area contributed by atoms with Gasteiger partial charge in [0.15, 0.2) is 4.32 Å². The van der Waals surface area contributed by atoms with E-state index < -0.39 is 5.97 Å². The molecule has 1 fully saturated rings.